The zero-order valence-electron chi connectivity index (χ0n) is 29.4. The van der Waals surface area contributed by atoms with Gasteiger partial charge in [0.2, 0.25) is 0 Å². The zero-order valence-corrected chi connectivity index (χ0v) is 29.4. The van der Waals surface area contributed by atoms with Crippen molar-refractivity contribution >= 4 is 76.3 Å². The van der Waals surface area contributed by atoms with Gasteiger partial charge in [-0.05, 0) is 94.8 Å². The lowest BCUT2D eigenvalue weighted by Gasteiger charge is -2.42. The van der Waals surface area contributed by atoms with Crippen molar-refractivity contribution in [2.75, 3.05) is 0 Å². The Bertz CT molecular complexity index is 3080. The highest BCUT2D eigenvalue weighted by atomic mass is 16.3. The van der Waals surface area contributed by atoms with E-state index in [1.807, 2.05) is 6.07 Å². The van der Waals surface area contributed by atoms with Gasteiger partial charge in [0, 0.05) is 49.1 Å². The molecule has 3 nitrogen and oxygen atoms in total. The molecule has 0 aliphatic heterocycles. The maximum absolute atomic E-state index is 6.33. The Balaban J connectivity index is 1.38. The maximum atomic E-state index is 6.33. The van der Waals surface area contributed by atoms with Gasteiger partial charge >= 0.3 is 0 Å². The Kier molecular flexibility index (Phi) is 5.64. The summed E-state index contributed by atoms with van der Waals surface area (Å²) >= 11 is 0. The first-order valence-electron chi connectivity index (χ1n) is 18.2. The summed E-state index contributed by atoms with van der Waals surface area (Å²) in [6.07, 6.45) is 2.36. The highest BCUT2D eigenvalue weighted by Crippen LogP contribution is 2.50. The summed E-state index contributed by atoms with van der Waals surface area (Å²) in [5.74, 6) is 0. The van der Waals surface area contributed by atoms with Gasteiger partial charge in [0.15, 0.2) is 0 Å². The molecule has 1 aliphatic carbocycles. The second-order valence-electron chi connectivity index (χ2n) is 16.0. The average molecular weight is 659 g/mol. The number of hydrogen-bond acceptors (Lipinski definition) is 1. The third-order valence-corrected chi connectivity index (χ3v) is 12.1. The number of para-hydroxylation sites is 2. The highest BCUT2D eigenvalue weighted by molar-refractivity contribution is 6.29. The summed E-state index contributed by atoms with van der Waals surface area (Å²) in [6.45, 7) is 9.72. The average Bonchev–Trinajstić information content (AvgIpc) is 3.80. The van der Waals surface area contributed by atoms with Crippen molar-refractivity contribution in [2.24, 2.45) is 0 Å². The highest BCUT2D eigenvalue weighted by Gasteiger charge is 2.38. The SMILES string of the molecule is CC1(C)CCC(C)(C)c2cc3c(cc21)c1ccc2c(c4ccc5ccccc5c4n2-c2ccccc2)c1n3-c1ccc2oc3ccccc3c2c1. The van der Waals surface area contributed by atoms with Crippen LogP contribution in [0.4, 0.5) is 0 Å². The van der Waals surface area contributed by atoms with E-state index in [1.54, 1.807) is 0 Å². The van der Waals surface area contributed by atoms with Gasteiger partial charge in [0.25, 0.3) is 0 Å². The molecule has 0 fully saturated rings. The van der Waals surface area contributed by atoms with E-state index in [0.29, 0.717) is 0 Å². The van der Waals surface area contributed by atoms with E-state index in [0.717, 1.165) is 27.6 Å². The van der Waals surface area contributed by atoms with Crippen molar-refractivity contribution in [1.29, 1.82) is 0 Å². The van der Waals surface area contributed by atoms with Gasteiger partial charge < -0.3 is 13.6 Å². The normalized spacial score (nSPS) is 15.6. The first-order chi connectivity index (χ1) is 24.8. The molecular weight excluding hydrogens is 621 g/mol. The van der Waals surface area contributed by atoms with E-state index in [9.17, 15) is 0 Å². The Morgan fingerprint density at radius 1 is 0.451 bits per heavy atom. The minimum Gasteiger partial charge on any atom is -0.456 e. The molecular formula is C48H38N2O. The second kappa shape index (κ2) is 9.92. The van der Waals surface area contributed by atoms with Crippen molar-refractivity contribution in [3.8, 4) is 11.4 Å². The van der Waals surface area contributed by atoms with E-state index in [-0.39, 0.29) is 10.8 Å². The van der Waals surface area contributed by atoms with E-state index < -0.39 is 0 Å². The molecule has 0 amide bonds. The first-order valence-corrected chi connectivity index (χ1v) is 18.2. The van der Waals surface area contributed by atoms with Crippen LogP contribution in [-0.2, 0) is 10.8 Å². The first kappa shape index (κ1) is 29.0. The molecule has 0 spiro atoms. The molecule has 11 rings (SSSR count). The van der Waals surface area contributed by atoms with Gasteiger partial charge in [-0.15, -0.1) is 0 Å². The van der Waals surface area contributed by atoms with Crippen LogP contribution < -0.4 is 0 Å². The van der Waals surface area contributed by atoms with Gasteiger partial charge in [-0.25, -0.2) is 0 Å². The lowest BCUT2D eigenvalue weighted by atomic mass is 9.63. The van der Waals surface area contributed by atoms with Crippen LogP contribution in [-0.4, -0.2) is 9.13 Å². The van der Waals surface area contributed by atoms with Crippen LogP contribution in [0.1, 0.15) is 51.7 Å². The van der Waals surface area contributed by atoms with E-state index in [2.05, 4.69) is 164 Å². The Morgan fingerprint density at radius 2 is 1.12 bits per heavy atom. The molecule has 51 heavy (non-hydrogen) atoms. The molecule has 3 aromatic heterocycles. The quantitative estimate of drug-likeness (QED) is 0.181. The van der Waals surface area contributed by atoms with Crippen molar-refractivity contribution in [3.05, 3.63) is 145 Å². The van der Waals surface area contributed by atoms with Crippen LogP contribution in [0, 0.1) is 0 Å². The van der Waals surface area contributed by atoms with E-state index in [1.165, 1.54) is 84.0 Å². The van der Waals surface area contributed by atoms with Gasteiger partial charge in [0.1, 0.15) is 11.2 Å². The second-order valence-corrected chi connectivity index (χ2v) is 16.0. The third-order valence-electron chi connectivity index (χ3n) is 12.1. The summed E-state index contributed by atoms with van der Waals surface area (Å²) in [4.78, 5) is 0. The zero-order chi connectivity index (χ0) is 34.2. The smallest absolute Gasteiger partial charge is 0.135 e. The number of aromatic nitrogens is 2. The molecule has 3 heterocycles. The summed E-state index contributed by atoms with van der Waals surface area (Å²) in [5, 5.41) is 9.94. The molecule has 0 saturated heterocycles. The molecule has 0 bridgehead atoms. The Morgan fingerprint density at radius 3 is 1.94 bits per heavy atom. The van der Waals surface area contributed by atoms with Crippen LogP contribution >= 0.6 is 0 Å². The molecule has 0 atom stereocenters. The van der Waals surface area contributed by atoms with Crippen LogP contribution in [0.5, 0.6) is 0 Å². The number of rotatable bonds is 2. The third kappa shape index (κ3) is 3.89. The largest absolute Gasteiger partial charge is 0.456 e. The molecule has 0 radical (unpaired) electrons. The molecule has 0 unspecified atom stereocenters. The maximum Gasteiger partial charge on any atom is 0.135 e. The van der Waals surface area contributed by atoms with Crippen LogP contribution in [0.25, 0.3) is 87.7 Å². The van der Waals surface area contributed by atoms with E-state index in [4.69, 9.17) is 4.42 Å². The Labute approximate surface area is 296 Å². The molecule has 1 aliphatic rings. The predicted octanol–water partition coefficient (Wildman–Crippen LogP) is 13.3. The molecule has 0 saturated carbocycles. The lowest BCUT2D eigenvalue weighted by molar-refractivity contribution is 0.332. The number of benzene rings is 7. The number of nitrogens with zero attached hydrogens (tertiary/aromatic N) is 2. The van der Waals surface area contributed by atoms with Crippen molar-refractivity contribution < 1.29 is 4.42 Å². The van der Waals surface area contributed by atoms with Crippen LogP contribution in [0.15, 0.2) is 138 Å². The number of fused-ring (bicyclic) bond motifs is 13. The van der Waals surface area contributed by atoms with Crippen molar-refractivity contribution in [1.82, 2.24) is 9.13 Å². The van der Waals surface area contributed by atoms with E-state index >= 15 is 0 Å². The number of hydrogen-bond donors (Lipinski definition) is 0. The molecule has 0 N–H and O–H groups in total. The topological polar surface area (TPSA) is 23.0 Å². The molecule has 3 heteroatoms. The summed E-state index contributed by atoms with van der Waals surface area (Å²) < 4.78 is 11.4. The number of furan rings is 1. The molecule has 7 aromatic carbocycles. The monoisotopic (exact) mass is 658 g/mol. The van der Waals surface area contributed by atoms with Gasteiger partial charge in [-0.3, -0.25) is 0 Å². The Hall–Kier alpha value is -5.80. The fourth-order valence-electron chi connectivity index (χ4n) is 9.39. The molecule has 10 aromatic rings. The predicted molar refractivity (Wildman–Crippen MR) is 215 cm³/mol. The van der Waals surface area contributed by atoms with Crippen LogP contribution in [0.3, 0.4) is 0 Å². The van der Waals surface area contributed by atoms with Crippen LogP contribution in [0.2, 0.25) is 0 Å². The van der Waals surface area contributed by atoms with Crippen molar-refractivity contribution in [3.63, 3.8) is 0 Å². The van der Waals surface area contributed by atoms with Gasteiger partial charge in [-0.1, -0.05) is 107 Å². The van der Waals surface area contributed by atoms with Gasteiger partial charge in [0.05, 0.1) is 22.1 Å². The fourth-order valence-corrected chi connectivity index (χ4v) is 9.39. The minimum atomic E-state index is 0.0859. The minimum absolute atomic E-state index is 0.0859. The standard InChI is InChI=1S/C48H38N2O/c1-47(2)24-25-48(3,4)39-28-41-36(27-38(39)47)34-21-22-40-44(46(34)50(41)31-19-23-43-37(26-31)33-16-10-11-17-42(33)51-43)35-20-18-29-12-8-9-15-32(29)45(35)49(40)30-13-6-5-7-14-30/h5-23,26-28H,24-25H2,1-4H3. The molecule has 246 valence electrons. The lowest BCUT2D eigenvalue weighted by Crippen LogP contribution is -2.33. The fraction of sp³-hybridized carbons (Fsp3) is 0.167. The van der Waals surface area contributed by atoms with Crippen molar-refractivity contribution in [2.45, 2.75) is 51.4 Å². The summed E-state index contributed by atoms with van der Waals surface area (Å²) in [7, 11) is 0. The van der Waals surface area contributed by atoms with Gasteiger partial charge in [-0.2, -0.15) is 0 Å². The summed E-state index contributed by atoms with van der Waals surface area (Å²) in [5.41, 5.74) is 12.3. The summed E-state index contributed by atoms with van der Waals surface area (Å²) in [6, 6.07) is 49.3.